The van der Waals surface area contributed by atoms with Crippen LogP contribution in [-0.2, 0) is 4.74 Å². The van der Waals surface area contributed by atoms with E-state index in [9.17, 15) is 9.18 Å². The molecule has 17 heavy (non-hydrogen) atoms. The van der Waals surface area contributed by atoms with Crippen molar-refractivity contribution in [2.24, 2.45) is 0 Å². The minimum Gasteiger partial charge on any atom is -0.380 e. The number of halogens is 1. The van der Waals surface area contributed by atoms with Gasteiger partial charge in [-0.3, -0.25) is 9.69 Å². The number of likely N-dealkylation sites (N-methyl/N-ethyl adjacent to an activating group) is 1. The SMILES string of the molecule is CN(CC(=O)c1ccccc1F)C1CCOC1. The summed E-state index contributed by atoms with van der Waals surface area (Å²) < 4.78 is 18.7. The molecule has 0 bridgehead atoms. The van der Waals surface area contributed by atoms with E-state index >= 15 is 0 Å². The summed E-state index contributed by atoms with van der Waals surface area (Å²) >= 11 is 0. The average Bonchev–Trinajstić information content (AvgIpc) is 2.82. The van der Waals surface area contributed by atoms with Gasteiger partial charge in [-0.2, -0.15) is 0 Å². The van der Waals surface area contributed by atoms with Gasteiger partial charge < -0.3 is 4.74 Å². The molecule has 1 unspecified atom stereocenters. The highest BCUT2D eigenvalue weighted by molar-refractivity contribution is 5.97. The largest absolute Gasteiger partial charge is 0.380 e. The predicted molar refractivity (Wildman–Crippen MR) is 62.6 cm³/mol. The molecule has 92 valence electrons. The molecule has 1 fully saturated rings. The molecule has 0 saturated carbocycles. The number of carbonyl (C=O) groups is 1. The van der Waals surface area contributed by atoms with E-state index in [1.807, 2.05) is 11.9 Å². The van der Waals surface area contributed by atoms with Crippen molar-refractivity contribution in [3.63, 3.8) is 0 Å². The molecule has 2 rings (SSSR count). The van der Waals surface area contributed by atoms with E-state index in [1.165, 1.54) is 12.1 Å². The highest BCUT2D eigenvalue weighted by Gasteiger charge is 2.23. The van der Waals surface area contributed by atoms with Gasteiger partial charge in [0.15, 0.2) is 5.78 Å². The molecule has 1 atom stereocenters. The first-order valence-electron chi connectivity index (χ1n) is 5.74. The maximum Gasteiger partial charge on any atom is 0.179 e. The Morgan fingerprint density at radius 2 is 2.29 bits per heavy atom. The van der Waals surface area contributed by atoms with E-state index in [2.05, 4.69) is 0 Å². The maximum absolute atomic E-state index is 13.4. The van der Waals surface area contributed by atoms with Gasteiger partial charge in [0.1, 0.15) is 5.82 Å². The van der Waals surface area contributed by atoms with Crippen LogP contribution in [0.1, 0.15) is 16.8 Å². The Hall–Kier alpha value is -1.26. The fourth-order valence-electron chi connectivity index (χ4n) is 2.00. The van der Waals surface area contributed by atoms with Crippen molar-refractivity contribution in [1.82, 2.24) is 4.90 Å². The van der Waals surface area contributed by atoms with E-state index in [0.717, 1.165) is 13.0 Å². The highest BCUT2D eigenvalue weighted by atomic mass is 19.1. The van der Waals surface area contributed by atoms with Gasteiger partial charge >= 0.3 is 0 Å². The standard InChI is InChI=1S/C13H16FNO2/c1-15(10-6-7-17-9-10)8-13(16)11-4-2-3-5-12(11)14/h2-5,10H,6-9H2,1H3. The molecule has 1 aliphatic heterocycles. The van der Waals surface area contributed by atoms with Crippen molar-refractivity contribution in [1.29, 1.82) is 0 Å². The second-order valence-corrected chi connectivity index (χ2v) is 4.34. The van der Waals surface area contributed by atoms with Crippen LogP contribution < -0.4 is 0 Å². The van der Waals surface area contributed by atoms with Gasteiger partial charge in [-0.15, -0.1) is 0 Å². The maximum atomic E-state index is 13.4. The van der Waals surface area contributed by atoms with Crippen LogP contribution in [0.5, 0.6) is 0 Å². The van der Waals surface area contributed by atoms with E-state index in [0.29, 0.717) is 6.61 Å². The van der Waals surface area contributed by atoms with Crippen molar-refractivity contribution < 1.29 is 13.9 Å². The summed E-state index contributed by atoms with van der Waals surface area (Å²) in [5.41, 5.74) is 0.165. The Kier molecular flexibility index (Phi) is 3.86. The summed E-state index contributed by atoms with van der Waals surface area (Å²) in [5.74, 6) is -0.633. The summed E-state index contributed by atoms with van der Waals surface area (Å²) in [6.07, 6.45) is 0.932. The third kappa shape index (κ3) is 2.90. The molecule has 0 N–H and O–H groups in total. The Balaban J connectivity index is 1.99. The van der Waals surface area contributed by atoms with Crippen LogP contribution in [0.25, 0.3) is 0 Å². The summed E-state index contributed by atoms with van der Waals surface area (Å²) in [5, 5.41) is 0. The molecule has 1 aromatic rings. The molecular weight excluding hydrogens is 221 g/mol. The zero-order valence-electron chi connectivity index (χ0n) is 9.86. The molecule has 0 spiro atoms. The topological polar surface area (TPSA) is 29.5 Å². The van der Waals surface area contributed by atoms with Gasteiger partial charge in [-0.1, -0.05) is 12.1 Å². The molecule has 1 saturated heterocycles. The van der Waals surface area contributed by atoms with Gasteiger partial charge in [0.25, 0.3) is 0 Å². The normalized spacial score (nSPS) is 19.8. The van der Waals surface area contributed by atoms with Crippen molar-refractivity contribution in [3.8, 4) is 0 Å². The molecular formula is C13H16FNO2. The Bertz CT molecular complexity index is 402. The number of hydrogen-bond acceptors (Lipinski definition) is 3. The minimum atomic E-state index is -0.450. The number of ketones is 1. The van der Waals surface area contributed by atoms with Crippen LogP contribution >= 0.6 is 0 Å². The zero-order valence-corrected chi connectivity index (χ0v) is 9.86. The fourth-order valence-corrected chi connectivity index (χ4v) is 2.00. The second kappa shape index (κ2) is 5.38. The molecule has 0 aromatic heterocycles. The molecule has 0 amide bonds. The lowest BCUT2D eigenvalue weighted by Crippen LogP contribution is -2.36. The van der Waals surface area contributed by atoms with Crippen molar-refractivity contribution in [2.45, 2.75) is 12.5 Å². The van der Waals surface area contributed by atoms with E-state index in [-0.39, 0.29) is 23.9 Å². The molecule has 1 aliphatic rings. The van der Waals surface area contributed by atoms with Crippen LogP contribution in [0.15, 0.2) is 24.3 Å². The van der Waals surface area contributed by atoms with E-state index < -0.39 is 5.82 Å². The number of ether oxygens (including phenoxy) is 1. The summed E-state index contributed by atoms with van der Waals surface area (Å²) in [6.45, 7) is 1.62. The van der Waals surface area contributed by atoms with Crippen LogP contribution in [0.3, 0.4) is 0 Å². The van der Waals surface area contributed by atoms with Crippen molar-refractivity contribution in [3.05, 3.63) is 35.6 Å². The Labute approximate surface area is 100 Å². The number of nitrogens with zero attached hydrogens (tertiary/aromatic N) is 1. The third-order valence-corrected chi connectivity index (χ3v) is 3.10. The summed E-state index contributed by atoms with van der Waals surface area (Å²) in [7, 11) is 1.87. The van der Waals surface area contributed by atoms with Crippen molar-refractivity contribution >= 4 is 5.78 Å². The Morgan fingerprint density at radius 1 is 1.53 bits per heavy atom. The third-order valence-electron chi connectivity index (χ3n) is 3.10. The van der Waals surface area contributed by atoms with E-state index in [4.69, 9.17) is 4.74 Å². The van der Waals surface area contributed by atoms with Gasteiger partial charge in [0.2, 0.25) is 0 Å². The van der Waals surface area contributed by atoms with Crippen LogP contribution in [-0.4, -0.2) is 43.5 Å². The van der Waals surface area contributed by atoms with Gasteiger partial charge in [0.05, 0.1) is 18.7 Å². The monoisotopic (exact) mass is 237 g/mol. The van der Waals surface area contributed by atoms with Crippen LogP contribution in [0.2, 0.25) is 0 Å². The number of rotatable bonds is 4. The molecule has 1 heterocycles. The lowest BCUT2D eigenvalue weighted by Gasteiger charge is -2.21. The zero-order chi connectivity index (χ0) is 12.3. The quantitative estimate of drug-likeness (QED) is 0.747. The molecule has 4 heteroatoms. The van der Waals surface area contributed by atoms with Gasteiger partial charge in [-0.25, -0.2) is 4.39 Å². The lowest BCUT2D eigenvalue weighted by molar-refractivity contribution is 0.0903. The van der Waals surface area contributed by atoms with Gasteiger partial charge in [0, 0.05) is 12.6 Å². The first kappa shape index (κ1) is 12.2. The summed E-state index contributed by atoms with van der Waals surface area (Å²) in [4.78, 5) is 13.8. The average molecular weight is 237 g/mol. The van der Waals surface area contributed by atoms with Crippen LogP contribution in [0.4, 0.5) is 4.39 Å². The first-order valence-corrected chi connectivity index (χ1v) is 5.74. The molecule has 3 nitrogen and oxygen atoms in total. The molecule has 0 aliphatic carbocycles. The number of hydrogen-bond donors (Lipinski definition) is 0. The van der Waals surface area contributed by atoms with Crippen LogP contribution in [0, 0.1) is 5.82 Å². The lowest BCUT2D eigenvalue weighted by atomic mass is 10.1. The van der Waals surface area contributed by atoms with Crippen molar-refractivity contribution in [2.75, 3.05) is 26.8 Å². The van der Waals surface area contributed by atoms with Gasteiger partial charge in [-0.05, 0) is 25.6 Å². The Morgan fingerprint density at radius 3 is 2.94 bits per heavy atom. The number of Topliss-reactive ketones (excluding diaryl/α,β-unsaturated/α-hetero) is 1. The smallest absolute Gasteiger partial charge is 0.179 e. The predicted octanol–water partition coefficient (Wildman–Crippen LogP) is 1.73. The highest BCUT2D eigenvalue weighted by Crippen LogP contribution is 2.13. The fraction of sp³-hybridized carbons (Fsp3) is 0.462. The second-order valence-electron chi connectivity index (χ2n) is 4.34. The summed E-state index contributed by atoms with van der Waals surface area (Å²) in [6, 6.07) is 6.36. The minimum absolute atomic E-state index is 0.165. The van der Waals surface area contributed by atoms with E-state index in [1.54, 1.807) is 12.1 Å². The number of carbonyl (C=O) groups excluding carboxylic acids is 1. The molecule has 0 radical (unpaired) electrons. The number of benzene rings is 1. The molecule has 1 aromatic carbocycles. The first-order chi connectivity index (χ1) is 8.18.